The molecule has 0 spiro atoms. The topological polar surface area (TPSA) is 49.4 Å². The third-order valence-corrected chi connectivity index (χ3v) is 7.33. The number of nitrogens with one attached hydrogen (secondary N) is 1. The number of amides is 2. The Morgan fingerprint density at radius 1 is 0.767 bits per heavy atom. The highest BCUT2D eigenvalue weighted by atomic mass is 16.2. The second-order valence-corrected chi connectivity index (χ2v) is 9.78. The second kappa shape index (κ2) is 7.90. The van der Waals surface area contributed by atoms with Crippen LogP contribution in [0.25, 0.3) is 0 Å². The molecule has 156 valence electrons. The molecular weight excluding hydrogens is 372 g/mol. The van der Waals surface area contributed by atoms with Crippen LogP contribution in [0.4, 0.5) is 0 Å². The van der Waals surface area contributed by atoms with E-state index in [4.69, 9.17) is 0 Å². The van der Waals surface area contributed by atoms with E-state index in [0.717, 1.165) is 48.1 Å². The Labute approximate surface area is 178 Å². The van der Waals surface area contributed by atoms with Crippen molar-refractivity contribution < 1.29 is 9.59 Å². The maximum atomic E-state index is 13.3. The molecule has 0 radical (unpaired) electrons. The van der Waals surface area contributed by atoms with Crippen molar-refractivity contribution >= 4 is 11.8 Å². The lowest BCUT2D eigenvalue weighted by atomic mass is 9.53. The Hall–Kier alpha value is -2.62. The zero-order chi connectivity index (χ0) is 20.6. The van der Waals surface area contributed by atoms with E-state index in [1.165, 1.54) is 19.3 Å². The summed E-state index contributed by atoms with van der Waals surface area (Å²) in [4.78, 5) is 28.1. The van der Waals surface area contributed by atoms with Gasteiger partial charge in [0.2, 0.25) is 0 Å². The predicted molar refractivity (Wildman–Crippen MR) is 116 cm³/mol. The minimum Gasteiger partial charge on any atom is -0.342 e. The first-order valence-corrected chi connectivity index (χ1v) is 11.3. The minimum atomic E-state index is -0.427. The fourth-order valence-corrected chi connectivity index (χ4v) is 6.51. The third kappa shape index (κ3) is 4.00. The quantitative estimate of drug-likeness (QED) is 0.758. The number of benzene rings is 2. The Morgan fingerprint density at radius 2 is 1.20 bits per heavy atom. The first-order valence-electron chi connectivity index (χ1n) is 11.3. The average molecular weight is 403 g/mol. The lowest BCUT2D eigenvalue weighted by Gasteiger charge is -2.56. The Kier molecular flexibility index (Phi) is 5.10. The molecule has 0 atom stereocenters. The van der Waals surface area contributed by atoms with E-state index in [1.54, 1.807) is 4.90 Å². The molecule has 4 bridgehead atoms. The Bertz CT molecular complexity index is 832. The van der Waals surface area contributed by atoms with Crippen molar-refractivity contribution in [3.63, 3.8) is 0 Å². The summed E-state index contributed by atoms with van der Waals surface area (Å²) in [7, 11) is 0. The van der Waals surface area contributed by atoms with E-state index in [9.17, 15) is 9.59 Å². The lowest BCUT2D eigenvalue weighted by molar-refractivity contribution is -0.149. The van der Waals surface area contributed by atoms with Gasteiger partial charge in [-0.05, 0) is 67.4 Å². The van der Waals surface area contributed by atoms with Crippen LogP contribution < -0.4 is 5.32 Å². The van der Waals surface area contributed by atoms with Crippen molar-refractivity contribution in [2.75, 3.05) is 0 Å². The van der Waals surface area contributed by atoms with Crippen molar-refractivity contribution in [2.45, 2.75) is 57.2 Å². The molecule has 0 heterocycles. The van der Waals surface area contributed by atoms with Gasteiger partial charge in [0.1, 0.15) is 0 Å². The molecule has 0 aromatic heterocycles. The van der Waals surface area contributed by atoms with Gasteiger partial charge in [0.15, 0.2) is 0 Å². The summed E-state index contributed by atoms with van der Waals surface area (Å²) in [6.45, 7) is 0.867. The number of rotatable bonds is 5. The van der Waals surface area contributed by atoms with Crippen molar-refractivity contribution in [1.82, 2.24) is 10.2 Å². The van der Waals surface area contributed by atoms with Crippen LogP contribution in [0.5, 0.6) is 0 Å². The van der Waals surface area contributed by atoms with Gasteiger partial charge in [-0.2, -0.15) is 0 Å². The van der Waals surface area contributed by atoms with E-state index in [1.807, 2.05) is 60.7 Å². The number of hydrogen-bond donors (Lipinski definition) is 1. The Balaban J connectivity index is 1.32. The summed E-state index contributed by atoms with van der Waals surface area (Å²) >= 11 is 0. The van der Waals surface area contributed by atoms with Crippen LogP contribution in [-0.4, -0.2) is 22.3 Å². The predicted octanol–water partition coefficient (Wildman–Crippen LogP) is 4.30. The molecule has 30 heavy (non-hydrogen) atoms. The maximum Gasteiger partial charge on any atom is 0.312 e. The van der Waals surface area contributed by atoms with Crippen LogP contribution in [0.2, 0.25) is 0 Å². The van der Waals surface area contributed by atoms with Crippen LogP contribution in [0, 0.1) is 17.8 Å². The highest BCUT2D eigenvalue weighted by Crippen LogP contribution is 2.55. The summed E-state index contributed by atoms with van der Waals surface area (Å²) in [6, 6.07) is 19.8. The number of carbonyl (C=O) groups is 2. The van der Waals surface area contributed by atoms with Gasteiger partial charge >= 0.3 is 11.8 Å². The van der Waals surface area contributed by atoms with Gasteiger partial charge in [0.05, 0.1) is 0 Å². The monoisotopic (exact) mass is 402 g/mol. The minimum absolute atomic E-state index is 0.146. The van der Waals surface area contributed by atoms with Gasteiger partial charge in [-0.15, -0.1) is 0 Å². The van der Waals surface area contributed by atoms with Gasteiger partial charge in [-0.3, -0.25) is 9.59 Å². The number of carbonyl (C=O) groups excluding carboxylic acids is 2. The fourth-order valence-electron chi connectivity index (χ4n) is 6.51. The summed E-state index contributed by atoms with van der Waals surface area (Å²) < 4.78 is 0. The van der Waals surface area contributed by atoms with Crippen molar-refractivity contribution in [2.24, 2.45) is 17.8 Å². The summed E-state index contributed by atoms with van der Waals surface area (Å²) in [5.74, 6) is 1.35. The van der Waals surface area contributed by atoms with Gasteiger partial charge in [-0.25, -0.2) is 0 Å². The maximum absolute atomic E-state index is 13.3. The normalized spacial score (nSPS) is 28.9. The Morgan fingerprint density at radius 3 is 1.63 bits per heavy atom. The molecule has 4 heteroatoms. The van der Waals surface area contributed by atoms with Crippen molar-refractivity contribution in [3.8, 4) is 0 Å². The average Bonchev–Trinajstić information content (AvgIpc) is 2.73. The van der Waals surface area contributed by atoms with Gasteiger partial charge in [0.25, 0.3) is 0 Å². The zero-order valence-corrected chi connectivity index (χ0v) is 17.4. The molecule has 2 aromatic rings. The molecule has 0 unspecified atom stereocenters. The molecule has 6 rings (SSSR count). The largest absolute Gasteiger partial charge is 0.342 e. The van der Waals surface area contributed by atoms with Crippen LogP contribution in [0.3, 0.4) is 0 Å². The molecule has 1 N–H and O–H groups in total. The molecular formula is C26H30N2O2. The number of hydrogen-bond acceptors (Lipinski definition) is 2. The molecule has 4 fully saturated rings. The van der Waals surface area contributed by atoms with E-state index < -0.39 is 11.8 Å². The first-order chi connectivity index (χ1) is 14.6. The molecule has 0 saturated heterocycles. The third-order valence-electron chi connectivity index (χ3n) is 7.33. The van der Waals surface area contributed by atoms with Crippen LogP contribution in [0.15, 0.2) is 60.7 Å². The lowest BCUT2D eigenvalue weighted by Crippen LogP contribution is -2.61. The van der Waals surface area contributed by atoms with Gasteiger partial charge in [0, 0.05) is 18.6 Å². The van der Waals surface area contributed by atoms with E-state index in [0.29, 0.717) is 13.1 Å². The summed E-state index contributed by atoms with van der Waals surface area (Å²) in [6.07, 6.45) is 7.10. The second-order valence-electron chi connectivity index (χ2n) is 9.78. The van der Waals surface area contributed by atoms with Crippen LogP contribution in [0.1, 0.15) is 49.7 Å². The number of nitrogens with zero attached hydrogens (tertiary/aromatic N) is 1. The summed E-state index contributed by atoms with van der Waals surface area (Å²) in [5.41, 5.74) is 1.92. The molecule has 4 aliphatic rings. The smallest absolute Gasteiger partial charge is 0.312 e. The molecule has 4 aliphatic carbocycles. The molecule has 0 aliphatic heterocycles. The fraction of sp³-hybridized carbons (Fsp3) is 0.462. The van der Waals surface area contributed by atoms with E-state index in [2.05, 4.69) is 5.32 Å². The first kappa shape index (κ1) is 19.3. The van der Waals surface area contributed by atoms with Crippen molar-refractivity contribution in [3.05, 3.63) is 71.8 Å². The van der Waals surface area contributed by atoms with Crippen molar-refractivity contribution in [1.29, 1.82) is 0 Å². The summed E-state index contributed by atoms with van der Waals surface area (Å²) in [5, 5.41) is 3.25. The van der Waals surface area contributed by atoms with Crippen LogP contribution in [-0.2, 0) is 22.7 Å². The highest BCUT2D eigenvalue weighted by molar-refractivity contribution is 6.35. The highest BCUT2D eigenvalue weighted by Gasteiger charge is 2.52. The van der Waals surface area contributed by atoms with E-state index in [-0.39, 0.29) is 5.54 Å². The van der Waals surface area contributed by atoms with Gasteiger partial charge < -0.3 is 10.2 Å². The SMILES string of the molecule is O=C(NC12CC3CC(CC(C3)C1)C2)C(=O)N(Cc1ccccc1)Cc1ccccc1. The molecule has 2 aromatic carbocycles. The van der Waals surface area contributed by atoms with Crippen LogP contribution >= 0.6 is 0 Å². The molecule has 4 nitrogen and oxygen atoms in total. The van der Waals surface area contributed by atoms with E-state index >= 15 is 0 Å². The molecule has 2 amide bonds. The standard InChI is InChI=1S/C26H30N2O2/c29-24(27-26-14-21-11-22(15-26)13-23(12-21)16-26)25(30)28(17-19-7-3-1-4-8-19)18-20-9-5-2-6-10-20/h1-10,21-23H,11-18H2,(H,27,29). The zero-order valence-electron chi connectivity index (χ0n) is 17.4. The van der Waals surface area contributed by atoms with Gasteiger partial charge in [-0.1, -0.05) is 60.7 Å². The molecule has 4 saturated carbocycles.